The number of aromatic nitrogens is 3. The first-order valence-electron chi connectivity index (χ1n) is 36.6. The number of carboxylic acid groups (broad SMARTS) is 3. The summed E-state index contributed by atoms with van der Waals surface area (Å²) in [5.74, 6) is -10.5. The number of carbonyl (C=O) groups is 6. The molecule has 0 bridgehead atoms. The predicted octanol–water partition coefficient (Wildman–Crippen LogP) is 11.1. The van der Waals surface area contributed by atoms with Crippen LogP contribution >= 0.6 is 73.1 Å². The average molecular weight is 1780 g/mol. The van der Waals surface area contributed by atoms with Gasteiger partial charge in [-0.3, -0.25) is 39.4 Å². The number of nitrogens with one attached hydrogen (secondary N) is 3. The Morgan fingerprint density at radius 2 is 0.931 bits per heavy atom. The molecule has 6 aliphatic heterocycles. The molecular formula is C76H83BrCl2F7N13O14S3. The van der Waals surface area contributed by atoms with Crippen molar-refractivity contribution in [1.82, 2.24) is 50.5 Å². The van der Waals surface area contributed by atoms with Crippen LogP contribution in [0.5, 0.6) is 0 Å². The minimum Gasteiger partial charge on any atom is -0.480 e. The Morgan fingerprint density at radius 3 is 1.27 bits per heavy atom. The number of carboxylic acids is 3. The summed E-state index contributed by atoms with van der Waals surface area (Å²) in [5, 5.41) is 43.2. The van der Waals surface area contributed by atoms with Crippen molar-refractivity contribution in [2.75, 3.05) is 125 Å². The second-order valence-corrected chi connectivity index (χ2v) is 31.7. The second kappa shape index (κ2) is 42.1. The van der Waals surface area contributed by atoms with E-state index in [9.17, 15) is 41.9 Å². The van der Waals surface area contributed by atoms with Crippen molar-refractivity contribution in [3.8, 4) is 0 Å². The van der Waals surface area contributed by atoms with Crippen LogP contribution in [-0.2, 0) is 52.5 Å². The summed E-state index contributed by atoms with van der Waals surface area (Å²) in [6.45, 7) is 5.24. The van der Waals surface area contributed by atoms with Gasteiger partial charge in [-0.05, 0) is 109 Å². The number of benzene rings is 3. The molecule has 3 aromatic carbocycles. The lowest BCUT2D eigenvalue weighted by atomic mass is 9.91. The molecule has 12 rings (SSSR count). The van der Waals surface area contributed by atoms with Crippen molar-refractivity contribution in [1.29, 1.82) is 0 Å². The first kappa shape index (κ1) is 89.7. The van der Waals surface area contributed by atoms with Gasteiger partial charge in [-0.25, -0.2) is 69.7 Å². The number of alkyl halides is 4. The summed E-state index contributed by atoms with van der Waals surface area (Å²) in [7, 11) is 1.50. The minimum atomic E-state index is -3.10. The molecular weight excluding hydrogens is 1700 g/mol. The van der Waals surface area contributed by atoms with Gasteiger partial charge < -0.3 is 55.0 Å². The van der Waals surface area contributed by atoms with Gasteiger partial charge in [0.15, 0.2) is 32.5 Å². The van der Waals surface area contributed by atoms with Gasteiger partial charge in [0.1, 0.15) is 61.1 Å². The number of likely N-dealkylation sites (tertiary alicyclic amines) is 3. The molecule has 40 heteroatoms. The molecule has 6 aliphatic rings. The van der Waals surface area contributed by atoms with Crippen LogP contribution in [0, 0.1) is 35.2 Å². The number of aliphatic imine (C=N–C) groups is 3. The molecule has 624 valence electrons. The molecule has 8 unspecified atom stereocenters. The van der Waals surface area contributed by atoms with Crippen molar-refractivity contribution in [2.45, 2.75) is 76.4 Å². The van der Waals surface area contributed by atoms with Gasteiger partial charge in [-0.15, -0.1) is 34.0 Å². The van der Waals surface area contributed by atoms with Gasteiger partial charge in [0.25, 0.3) is 5.92 Å². The number of esters is 3. The maximum absolute atomic E-state index is 15.3. The summed E-state index contributed by atoms with van der Waals surface area (Å²) >= 11 is 20.2. The number of likely N-dealkylation sites (N-methyl/N-ethyl adjacent to an activating group) is 1. The molecule has 9 heterocycles. The Kier molecular flexibility index (Phi) is 32.6. The van der Waals surface area contributed by atoms with E-state index in [-0.39, 0.29) is 119 Å². The highest BCUT2D eigenvalue weighted by molar-refractivity contribution is 9.10. The van der Waals surface area contributed by atoms with Crippen molar-refractivity contribution in [3.63, 3.8) is 0 Å². The number of nitrogens with zero attached hydrogens (tertiary/aromatic N) is 10. The van der Waals surface area contributed by atoms with Gasteiger partial charge in [0, 0.05) is 134 Å². The Labute approximate surface area is 692 Å². The third kappa shape index (κ3) is 24.1. The lowest BCUT2D eigenvalue weighted by Gasteiger charge is -2.40. The molecule has 0 saturated carbocycles. The molecule has 6 N–H and O–H groups in total. The molecule has 0 spiro atoms. The van der Waals surface area contributed by atoms with Crippen LogP contribution in [0.25, 0.3) is 0 Å². The second-order valence-electron chi connectivity index (χ2n) is 27.3. The standard InChI is InChI=1S/C26H29ClF3N5O4S.C25H27BrF2N4O5S.C25H27ClF2N4O5S/c1-3-39-25(38)21-19(12-35-8-6-15(26(29,30)14-35)11-34(2)13-20(36)37)32-23(24-31-7-9-40-24)33-22(21)17-5-4-16(28)10-18(17)27;2*1-2-37-25(35)21-19(11-32-7-5-14(18(28)10-32)12-36-13-20(33)34)30-23(24-29-6-8-38-24)31-22(21)16-4-3-15(27)9-17(16)26/h4-5,7,9-10,15,22H,3,6,8,11-14H2,1-2H3,(H,32,33)(H,36,37);2*3-4,6,8-9,14,18,22H,2,5,7,10-13H2,1H3,(H,30,31)(H,33,34). The minimum absolute atomic E-state index is 0.0162. The quantitative estimate of drug-likeness (QED) is 0.0139. The normalized spacial score (nSPS) is 21.8. The van der Waals surface area contributed by atoms with Crippen molar-refractivity contribution in [3.05, 3.63) is 187 Å². The third-order valence-electron chi connectivity index (χ3n) is 19.1. The monoisotopic (exact) mass is 1780 g/mol. The maximum Gasteiger partial charge on any atom is 0.338 e. The lowest BCUT2D eigenvalue weighted by molar-refractivity contribution is -0.144. The highest BCUT2D eigenvalue weighted by atomic mass is 79.9. The van der Waals surface area contributed by atoms with Crippen LogP contribution in [0.15, 0.2) is 143 Å². The molecule has 3 aromatic heterocycles. The topological polar surface area (TPSA) is 334 Å². The number of thiazole rings is 3. The van der Waals surface area contributed by atoms with Crippen LogP contribution in [-0.4, -0.2) is 247 Å². The molecule has 0 aliphatic carbocycles. The number of piperidine rings is 3. The molecule has 6 aromatic rings. The van der Waals surface area contributed by atoms with E-state index in [4.69, 9.17) is 72.2 Å². The number of hydrogen-bond acceptors (Lipinski definition) is 27. The largest absolute Gasteiger partial charge is 0.480 e. The summed E-state index contributed by atoms with van der Waals surface area (Å²) in [6.07, 6.45) is 3.40. The van der Waals surface area contributed by atoms with Gasteiger partial charge in [-0.2, -0.15) is 0 Å². The van der Waals surface area contributed by atoms with E-state index in [0.717, 1.165) is 12.1 Å². The zero-order chi connectivity index (χ0) is 83.5. The predicted molar refractivity (Wildman–Crippen MR) is 422 cm³/mol. The van der Waals surface area contributed by atoms with E-state index in [1.807, 2.05) is 9.80 Å². The Hall–Kier alpha value is -8.67. The SMILES string of the molecule is CCOC(=O)C1=C(CN2CCC(CN(C)CC(=O)O)C(F)(F)C2)NC(c2nccs2)=NC1c1ccc(F)cc1Cl.CCOC(=O)C1=C(CN2CCC(COCC(=O)O)C(F)C2)NC(c2nccs2)=NC1c1ccc(F)cc1Br.CCOC(=O)C1=C(CN2CCC(COCC(=O)O)C(F)C2)NC(c2nccs2)=NC1c1ccc(F)cc1Cl. The summed E-state index contributed by atoms with van der Waals surface area (Å²) in [6, 6.07) is 9.10. The fourth-order valence-electron chi connectivity index (χ4n) is 13.7. The lowest BCUT2D eigenvalue weighted by Crippen LogP contribution is -2.53. The van der Waals surface area contributed by atoms with E-state index in [1.54, 1.807) is 61.6 Å². The van der Waals surface area contributed by atoms with Gasteiger partial charge in [-0.1, -0.05) is 57.3 Å². The van der Waals surface area contributed by atoms with Crippen LogP contribution in [0.1, 0.15) is 89.9 Å². The van der Waals surface area contributed by atoms with E-state index < -0.39 is 127 Å². The molecule has 3 saturated heterocycles. The average Bonchev–Trinajstić information content (AvgIpc) is 0.993. The number of ether oxygens (including phenoxy) is 5. The fourth-order valence-corrected chi connectivity index (χ4v) is 16.6. The maximum atomic E-state index is 15.3. The van der Waals surface area contributed by atoms with Crippen LogP contribution in [0.2, 0.25) is 10.0 Å². The van der Waals surface area contributed by atoms with E-state index in [0.29, 0.717) is 96.7 Å². The molecule has 116 heavy (non-hydrogen) atoms. The Balaban J connectivity index is 0.000000184. The van der Waals surface area contributed by atoms with Crippen LogP contribution in [0.3, 0.4) is 0 Å². The number of carbonyl (C=O) groups excluding carboxylic acids is 3. The summed E-state index contributed by atoms with van der Waals surface area (Å²) in [4.78, 5) is 106. The van der Waals surface area contributed by atoms with Crippen molar-refractivity contribution < 1.29 is 98.5 Å². The molecule has 0 radical (unpaired) electrons. The first-order valence-corrected chi connectivity index (χ1v) is 40.8. The Bertz CT molecular complexity index is 4480. The van der Waals surface area contributed by atoms with Gasteiger partial charge >= 0.3 is 35.8 Å². The number of amidine groups is 3. The van der Waals surface area contributed by atoms with E-state index in [1.165, 1.54) is 87.3 Å². The highest BCUT2D eigenvalue weighted by Gasteiger charge is 2.47. The van der Waals surface area contributed by atoms with E-state index >= 15 is 17.6 Å². The van der Waals surface area contributed by atoms with Gasteiger partial charge in [0.2, 0.25) is 0 Å². The highest BCUT2D eigenvalue weighted by Crippen LogP contribution is 2.42. The van der Waals surface area contributed by atoms with Gasteiger partial charge in [0.05, 0.1) is 62.8 Å². The number of halogens is 10. The Morgan fingerprint density at radius 1 is 0.560 bits per heavy atom. The third-order valence-corrected chi connectivity index (χ3v) is 22.8. The molecule has 8 atom stereocenters. The van der Waals surface area contributed by atoms with Crippen molar-refractivity contribution in [2.24, 2.45) is 32.7 Å². The summed E-state index contributed by atoms with van der Waals surface area (Å²) in [5.41, 5.74) is 3.14. The molecule has 3 fully saturated rings. The zero-order valence-corrected chi connectivity index (χ0v) is 68.5. The molecule has 27 nitrogen and oxygen atoms in total. The van der Waals surface area contributed by atoms with Crippen molar-refractivity contribution >= 4 is 126 Å². The number of rotatable bonds is 30. The van der Waals surface area contributed by atoms with Crippen LogP contribution in [0.4, 0.5) is 30.7 Å². The zero-order valence-electron chi connectivity index (χ0n) is 62.9. The summed E-state index contributed by atoms with van der Waals surface area (Å²) < 4.78 is 129. The molecule has 0 amide bonds. The fraction of sp³-hybridized carbons (Fsp3) is 0.447. The number of aliphatic carboxylic acids is 3. The van der Waals surface area contributed by atoms with Crippen LogP contribution < -0.4 is 16.0 Å². The number of hydrogen-bond donors (Lipinski definition) is 6. The smallest absolute Gasteiger partial charge is 0.338 e. The first-order chi connectivity index (χ1) is 55.5. The van der Waals surface area contributed by atoms with E-state index in [2.05, 4.69) is 51.8 Å².